The van der Waals surface area contributed by atoms with E-state index < -0.39 is 6.09 Å². The van der Waals surface area contributed by atoms with Gasteiger partial charge >= 0.3 is 6.09 Å². The minimum absolute atomic E-state index is 0.209. The Labute approximate surface area is 123 Å². The maximum absolute atomic E-state index is 11.7. The molecule has 0 atom stereocenters. The van der Waals surface area contributed by atoms with Gasteiger partial charge in [-0.2, -0.15) is 10.4 Å². The normalized spacial score (nSPS) is 9.90. The smallest absolute Gasteiger partial charge is 0.413 e. The number of benzene rings is 1. The lowest BCUT2D eigenvalue weighted by Crippen LogP contribution is -2.14. The predicted octanol–water partition coefficient (Wildman–Crippen LogP) is 2.85. The highest BCUT2D eigenvalue weighted by Crippen LogP contribution is 2.10. The highest BCUT2D eigenvalue weighted by Gasteiger charge is 2.08. The van der Waals surface area contributed by atoms with Crippen LogP contribution in [0.5, 0.6) is 0 Å². The molecule has 108 valence electrons. The maximum atomic E-state index is 11.7. The van der Waals surface area contributed by atoms with Crippen molar-refractivity contribution < 1.29 is 9.53 Å². The summed E-state index contributed by atoms with van der Waals surface area (Å²) < 4.78 is 6.79. The van der Waals surface area contributed by atoms with Crippen molar-refractivity contribution in [3.63, 3.8) is 0 Å². The number of rotatable bonds is 5. The van der Waals surface area contributed by atoms with Gasteiger partial charge in [0.25, 0.3) is 0 Å². The predicted molar refractivity (Wildman–Crippen MR) is 77.4 cm³/mol. The second-order valence-corrected chi connectivity index (χ2v) is 4.49. The average molecular weight is 284 g/mol. The molecule has 0 unspecified atom stereocenters. The standard InChI is InChI=1S/C15H16N4O2/c1-12-10-14(18-19(12)9-5-8-16)17-15(20)21-11-13-6-3-2-4-7-13/h2-4,6-7,10H,5,9,11H2,1H3,(H,17,18,20). The number of nitrogens with one attached hydrogen (secondary N) is 1. The molecule has 1 aromatic carbocycles. The molecule has 0 radical (unpaired) electrons. The number of hydrogen-bond donors (Lipinski definition) is 1. The summed E-state index contributed by atoms with van der Waals surface area (Å²) in [6.45, 7) is 2.58. The molecule has 6 nitrogen and oxygen atoms in total. The first kappa shape index (κ1) is 14.6. The molecule has 0 aliphatic carbocycles. The van der Waals surface area contributed by atoms with Gasteiger partial charge in [-0.15, -0.1) is 0 Å². The third-order valence-corrected chi connectivity index (χ3v) is 2.86. The highest BCUT2D eigenvalue weighted by molar-refractivity contribution is 5.83. The van der Waals surface area contributed by atoms with Crippen LogP contribution >= 0.6 is 0 Å². The van der Waals surface area contributed by atoms with Crippen LogP contribution in [0.1, 0.15) is 17.7 Å². The molecule has 0 aliphatic heterocycles. The monoisotopic (exact) mass is 284 g/mol. The van der Waals surface area contributed by atoms with Gasteiger partial charge in [-0.05, 0) is 12.5 Å². The number of carbonyl (C=O) groups is 1. The number of aromatic nitrogens is 2. The number of aryl methyl sites for hydroxylation is 2. The molecule has 2 aromatic rings. The fourth-order valence-electron chi connectivity index (χ4n) is 1.82. The van der Waals surface area contributed by atoms with E-state index in [9.17, 15) is 4.79 Å². The number of hydrogen-bond acceptors (Lipinski definition) is 4. The summed E-state index contributed by atoms with van der Waals surface area (Å²) in [4.78, 5) is 11.7. The summed E-state index contributed by atoms with van der Waals surface area (Å²) >= 11 is 0. The van der Waals surface area contributed by atoms with Crippen LogP contribution in [0.3, 0.4) is 0 Å². The number of ether oxygens (including phenoxy) is 1. The Morgan fingerprint density at radius 3 is 2.90 bits per heavy atom. The quantitative estimate of drug-likeness (QED) is 0.915. The van der Waals surface area contributed by atoms with Gasteiger partial charge in [0.1, 0.15) is 6.61 Å². The third kappa shape index (κ3) is 4.35. The molecule has 1 heterocycles. The van der Waals surface area contributed by atoms with E-state index in [0.717, 1.165) is 11.3 Å². The molecule has 0 saturated heterocycles. The van der Waals surface area contributed by atoms with Crippen LogP contribution in [0.4, 0.5) is 10.6 Å². The fourth-order valence-corrected chi connectivity index (χ4v) is 1.82. The first-order valence-corrected chi connectivity index (χ1v) is 6.58. The molecule has 0 bridgehead atoms. The highest BCUT2D eigenvalue weighted by atomic mass is 16.5. The summed E-state index contributed by atoms with van der Waals surface area (Å²) in [6.07, 6.45) is -0.177. The summed E-state index contributed by atoms with van der Waals surface area (Å²) in [5, 5.41) is 15.3. The second-order valence-electron chi connectivity index (χ2n) is 4.49. The van der Waals surface area contributed by atoms with Crippen molar-refractivity contribution in [2.75, 3.05) is 5.32 Å². The molecule has 2 rings (SSSR count). The van der Waals surface area contributed by atoms with Gasteiger partial charge in [0.15, 0.2) is 5.82 Å². The van der Waals surface area contributed by atoms with Gasteiger partial charge < -0.3 is 4.74 Å². The van der Waals surface area contributed by atoms with Crippen molar-refractivity contribution in [3.05, 3.63) is 47.7 Å². The van der Waals surface area contributed by atoms with E-state index in [0.29, 0.717) is 18.8 Å². The van der Waals surface area contributed by atoms with Crippen molar-refractivity contribution >= 4 is 11.9 Å². The zero-order valence-corrected chi connectivity index (χ0v) is 11.7. The Hall–Kier alpha value is -2.81. The summed E-state index contributed by atoms with van der Waals surface area (Å²) in [5.41, 5.74) is 1.80. The molecule has 6 heteroatoms. The van der Waals surface area contributed by atoms with Gasteiger partial charge in [0.05, 0.1) is 19.0 Å². The Kier molecular flexibility index (Phi) is 4.94. The van der Waals surface area contributed by atoms with E-state index in [2.05, 4.69) is 16.5 Å². The molecule has 0 saturated carbocycles. The third-order valence-electron chi connectivity index (χ3n) is 2.86. The first-order valence-electron chi connectivity index (χ1n) is 6.58. The Morgan fingerprint density at radius 2 is 2.19 bits per heavy atom. The van der Waals surface area contributed by atoms with E-state index in [1.54, 1.807) is 10.7 Å². The lowest BCUT2D eigenvalue weighted by molar-refractivity contribution is 0.155. The van der Waals surface area contributed by atoms with Crippen LogP contribution in [0.2, 0.25) is 0 Å². The van der Waals surface area contributed by atoms with Crippen LogP contribution in [0, 0.1) is 18.3 Å². The lowest BCUT2D eigenvalue weighted by atomic mass is 10.2. The molecule has 21 heavy (non-hydrogen) atoms. The second kappa shape index (κ2) is 7.10. The van der Waals surface area contributed by atoms with Crippen LogP contribution in [-0.2, 0) is 17.9 Å². The SMILES string of the molecule is Cc1cc(NC(=O)OCc2ccccc2)nn1CCC#N. The topological polar surface area (TPSA) is 79.9 Å². The zero-order chi connectivity index (χ0) is 15.1. The number of amides is 1. The Bertz CT molecular complexity index is 643. The molecule has 0 spiro atoms. The van der Waals surface area contributed by atoms with Crippen LogP contribution in [-0.4, -0.2) is 15.9 Å². The van der Waals surface area contributed by atoms with Crippen molar-refractivity contribution in [3.8, 4) is 6.07 Å². The van der Waals surface area contributed by atoms with Crippen LogP contribution in [0.25, 0.3) is 0 Å². The minimum atomic E-state index is -0.552. The molecule has 1 amide bonds. The zero-order valence-electron chi connectivity index (χ0n) is 11.7. The number of nitrogens with zero attached hydrogens (tertiary/aromatic N) is 3. The number of anilines is 1. The largest absolute Gasteiger partial charge is 0.444 e. The molecular weight excluding hydrogens is 268 g/mol. The molecule has 0 fully saturated rings. The average Bonchev–Trinajstić information content (AvgIpc) is 2.84. The van der Waals surface area contributed by atoms with Gasteiger partial charge in [0.2, 0.25) is 0 Å². The van der Waals surface area contributed by atoms with E-state index in [4.69, 9.17) is 10.00 Å². The van der Waals surface area contributed by atoms with Gasteiger partial charge in [-0.1, -0.05) is 30.3 Å². The van der Waals surface area contributed by atoms with E-state index in [1.807, 2.05) is 37.3 Å². The van der Waals surface area contributed by atoms with Crippen molar-refractivity contribution in [1.82, 2.24) is 9.78 Å². The van der Waals surface area contributed by atoms with Gasteiger partial charge in [0, 0.05) is 11.8 Å². The Balaban J connectivity index is 1.86. The number of nitriles is 1. The summed E-state index contributed by atoms with van der Waals surface area (Å²) in [6, 6.07) is 13.2. The number of carbonyl (C=O) groups excluding carboxylic acids is 1. The van der Waals surface area contributed by atoms with Gasteiger partial charge in [-0.3, -0.25) is 10.00 Å². The fraction of sp³-hybridized carbons (Fsp3) is 0.267. The summed E-state index contributed by atoms with van der Waals surface area (Å²) in [5.74, 6) is 0.420. The Morgan fingerprint density at radius 1 is 1.43 bits per heavy atom. The molecule has 1 aromatic heterocycles. The van der Waals surface area contributed by atoms with Crippen LogP contribution in [0.15, 0.2) is 36.4 Å². The van der Waals surface area contributed by atoms with Crippen molar-refractivity contribution in [2.45, 2.75) is 26.5 Å². The van der Waals surface area contributed by atoms with Crippen molar-refractivity contribution in [2.24, 2.45) is 0 Å². The summed E-state index contributed by atoms with van der Waals surface area (Å²) in [7, 11) is 0. The maximum Gasteiger partial charge on any atom is 0.413 e. The first-order chi connectivity index (χ1) is 10.2. The molecule has 0 aliphatic rings. The van der Waals surface area contributed by atoms with E-state index in [1.165, 1.54) is 0 Å². The van der Waals surface area contributed by atoms with Gasteiger partial charge in [-0.25, -0.2) is 4.79 Å². The molecular formula is C15H16N4O2. The van der Waals surface area contributed by atoms with E-state index >= 15 is 0 Å². The van der Waals surface area contributed by atoms with E-state index in [-0.39, 0.29) is 6.61 Å². The minimum Gasteiger partial charge on any atom is -0.444 e. The lowest BCUT2D eigenvalue weighted by Gasteiger charge is -2.05. The van der Waals surface area contributed by atoms with Crippen molar-refractivity contribution in [1.29, 1.82) is 5.26 Å². The van der Waals surface area contributed by atoms with Crippen LogP contribution < -0.4 is 5.32 Å². The molecule has 1 N–H and O–H groups in total.